The SMILES string of the molecule is C=CC(=O)N[C@@H]1CN(c2ccn[nH]2)C[C@@H]1Nc1ncc2cc(-c3c(Cl)c(OC)cc(OC)c3Cl)c(=O)n(C)c2n1. The number of fused-ring (bicyclic) bond motifs is 1. The molecule has 1 aliphatic heterocycles. The summed E-state index contributed by atoms with van der Waals surface area (Å²) in [6.07, 6.45) is 4.49. The molecule has 0 bridgehead atoms. The Balaban J connectivity index is 1.51. The van der Waals surface area contributed by atoms with E-state index in [1.807, 2.05) is 6.07 Å². The Bertz CT molecular complexity index is 1630. The fraction of sp³-hybridized carbons (Fsp3) is 0.269. The van der Waals surface area contributed by atoms with E-state index in [0.717, 1.165) is 5.82 Å². The molecular formula is C26H26Cl2N8O4. The third-order valence-corrected chi connectivity index (χ3v) is 7.52. The van der Waals surface area contributed by atoms with Crippen molar-refractivity contribution in [2.75, 3.05) is 37.5 Å². The standard InChI is InChI=1S/C26H26Cl2N8O4/c1-5-20(37)31-15-11-36(19-6-7-30-34-19)12-16(15)32-26-29-10-13-8-14(25(38)35(2)24(13)33-26)21-22(27)17(39-3)9-18(40-4)23(21)28/h5-10,15-16H,1,11-12H2,2-4H3,(H,30,34)(H,31,37)(H,29,32,33)/t15-,16+/m1/s1. The summed E-state index contributed by atoms with van der Waals surface area (Å²) in [5, 5.41) is 14.2. The van der Waals surface area contributed by atoms with E-state index in [1.54, 1.807) is 31.6 Å². The number of H-pyrrole nitrogens is 1. The number of aromatic nitrogens is 5. The van der Waals surface area contributed by atoms with Crippen LogP contribution >= 0.6 is 23.2 Å². The molecule has 0 radical (unpaired) electrons. The van der Waals surface area contributed by atoms with Crippen LogP contribution in [0.1, 0.15) is 0 Å². The molecule has 1 aliphatic rings. The summed E-state index contributed by atoms with van der Waals surface area (Å²) in [6.45, 7) is 4.61. The number of aromatic amines is 1. The lowest BCUT2D eigenvalue weighted by Gasteiger charge is -2.20. The summed E-state index contributed by atoms with van der Waals surface area (Å²) in [6, 6.07) is 4.53. The minimum atomic E-state index is -0.376. The van der Waals surface area contributed by atoms with Gasteiger partial charge in [-0.1, -0.05) is 29.8 Å². The molecule has 1 saturated heterocycles. The summed E-state index contributed by atoms with van der Waals surface area (Å²) in [4.78, 5) is 36.8. The predicted molar refractivity (Wildman–Crippen MR) is 154 cm³/mol. The minimum absolute atomic E-state index is 0.180. The maximum Gasteiger partial charge on any atom is 0.259 e. The summed E-state index contributed by atoms with van der Waals surface area (Å²) in [7, 11) is 4.53. The first-order valence-corrected chi connectivity index (χ1v) is 12.9. The normalized spacial score (nSPS) is 16.7. The first-order chi connectivity index (χ1) is 19.2. The Morgan fingerprint density at radius 1 is 1.18 bits per heavy atom. The summed E-state index contributed by atoms with van der Waals surface area (Å²) in [5.74, 6) is 1.46. The maximum atomic E-state index is 13.5. The van der Waals surface area contributed by atoms with E-state index >= 15 is 0 Å². The van der Waals surface area contributed by atoms with E-state index in [2.05, 4.69) is 42.3 Å². The highest BCUT2D eigenvalue weighted by atomic mass is 35.5. The molecule has 4 aromatic rings. The van der Waals surface area contributed by atoms with Crippen LogP contribution in [0.4, 0.5) is 11.8 Å². The van der Waals surface area contributed by atoms with Gasteiger partial charge in [-0.25, -0.2) is 4.98 Å². The molecule has 14 heteroatoms. The second kappa shape index (κ2) is 11.1. The number of nitrogens with zero attached hydrogens (tertiary/aromatic N) is 5. The smallest absolute Gasteiger partial charge is 0.259 e. The average Bonchev–Trinajstić information content (AvgIpc) is 3.62. The van der Waals surface area contributed by atoms with Gasteiger partial charge >= 0.3 is 0 Å². The minimum Gasteiger partial charge on any atom is -0.495 e. The number of pyridine rings is 1. The van der Waals surface area contributed by atoms with Gasteiger partial charge < -0.3 is 25.0 Å². The zero-order valence-corrected chi connectivity index (χ0v) is 23.4. The number of methoxy groups -OCH3 is 2. The number of carbonyl (C=O) groups is 1. The fourth-order valence-electron chi connectivity index (χ4n) is 4.74. The molecule has 3 N–H and O–H groups in total. The number of hydrogen-bond acceptors (Lipinski definition) is 9. The van der Waals surface area contributed by atoms with Crippen molar-refractivity contribution in [2.45, 2.75) is 12.1 Å². The number of nitrogens with one attached hydrogen (secondary N) is 3. The summed E-state index contributed by atoms with van der Waals surface area (Å²) in [5.41, 5.74) is 0.543. The molecule has 1 fully saturated rings. The van der Waals surface area contributed by atoms with Gasteiger partial charge in [-0.3, -0.25) is 19.3 Å². The highest BCUT2D eigenvalue weighted by Gasteiger charge is 2.35. The quantitative estimate of drug-likeness (QED) is 0.266. The van der Waals surface area contributed by atoms with Gasteiger partial charge in [0, 0.05) is 49.4 Å². The molecule has 0 unspecified atom stereocenters. The van der Waals surface area contributed by atoms with Gasteiger partial charge in [0.1, 0.15) is 23.0 Å². The lowest BCUT2D eigenvalue weighted by molar-refractivity contribution is -0.117. The van der Waals surface area contributed by atoms with Gasteiger partial charge in [0.05, 0.1) is 48.1 Å². The van der Waals surface area contributed by atoms with Crippen LogP contribution in [-0.2, 0) is 11.8 Å². The molecule has 208 valence electrons. The number of anilines is 2. The first-order valence-electron chi connectivity index (χ1n) is 12.2. The van der Waals surface area contributed by atoms with E-state index in [-0.39, 0.29) is 44.7 Å². The maximum absolute atomic E-state index is 13.5. The lowest BCUT2D eigenvalue weighted by atomic mass is 10.0. The lowest BCUT2D eigenvalue weighted by Crippen LogP contribution is -2.45. The first kappa shape index (κ1) is 27.3. The Morgan fingerprint density at radius 3 is 2.50 bits per heavy atom. The van der Waals surface area contributed by atoms with E-state index in [9.17, 15) is 9.59 Å². The summed E-state index contributed by atoms with van der Waals surface area (Å²) >= 11 is 13.2. The number of rotatable bonds is 8. The van der Waals surface area contributed by atoms with Crippen molar-refractivity contribution in [3.63, 3.8) is 0 Å². The number of halogens is 2. The number of ether oxygens (including phenoxy) is 2. The highest BCUT2D eigenvalue weighted by molar-refractivity contribution is 6.41. The van der Waals surface area contributed by atoms with E-state index in [0.29, 0.717) is 41.6 Å². The van der Waals surface area contributed by atoms with Crippen LogP contribution in [-0.4, -0.2) is 70.0 Å². The van der Waals surface area contributed by atoms with Crippen molar-refractivity contribution in [3.8, 4) is 22.6 Å². The Hall–Kier alpha value is -4.29. The molecular weight excluding hydrogens is 559 g/mol. The van der Waals surface area contributed by atoms with Crippen molar-refractivity contribution in [1.82, 2.24) is 30.0 Å². The number of aryl methyl sites for hydroxylation is 1. The van der Waals surface area contributed by atoms with Crippen molar-refractivity contribution in [3.05, 3.63) is 63.6 Å². The third-order valence-electron chi connectivity index (χ3n) is 6.77. The van der Waals surface area contributed by atoms with E-state index < -0.39 is 0 Å². The van der Waals surface area contributed by atoms with E-state index in [1.165, 1.54) is 24.9 Å². The highest BCUT2D eigenvalue weighted by Crippen LogP contribution is 2.45. The van der Waals surface area contributed by atoms with Crippen molar-refractivity contribution < 1.29 is 14.3 Å². The van der Waals surface area contributed by atoms with Crippen LogP contribution in [0, 0.1) is 0 Å². The van der Waals surface area contributed by atoms with Gasteiger partial charge in [-0.15, -0.1) is 0 Å². The van der Waals surface area contributed by atoms with Gasteiger partial charge in [0.2, 0.25) is 11.9 Å². The predicted octanol–water partition coefficient (Wildman–Crippen LogP) is 3.01. The Kier molecular flexibility index (Phi) is 7.55. The number of hydrogen-bond donors (Lipinski definition) is 3. The second-order valence-electron chi connectivity index (χ2n) is 9.10. The van der Waals surface area contributed by atoms with Crippen molar-refractivity contribution in [1.29, 1.82) is 0 Å². The molecule has 0 spiro atoms. The van der Waals surface area contributed by atoms with Crippen molar-refractivity contribution in [2.24, 2.45) is 7.05 Å². The monoisotopic (exact) mass is 584 g/mol. The van der Waals surface area contributed by atoms with Gasteiger partial charge in [-0.05, 0) is 12.1 Å². The van der Waals surface area contributed by atoms with Crippen LogP contribution in [0.25, 0.3) is 22.2 Å². The van der Waals surface area contributed by atoms with Crippen LogP contribution in [0.2, 0.25) is 10.0 Å². The Morgan fingerprint density at radius 2 is 1.88 bits per heavy atom. The topological polar surface area (TPSA) is 139 Å². The van der Waals surface area contributed by atoms with E-state index in [4.69, 9.17) is 32.7 Å². The molecule has 5 rings (SSSR count). The van der Waals surface area contributed by atoms with Crippen LogP contribution in [0.5, 0.6) is 11.5 Å². The summed E-state index contributed by atoms with van der Waals surface area (Å²) < 4.78 is 12.1. The number of amides is 1. The number of carbonyl (C=O) groups excluding carboxylic acids is 1. The molecule has 3 aromatic heterocycles. The molecule has 2 atom stereocenters. The molecule has 0 saturated carbocycles. The van der Waals surface area contributed by atoms with Crippen LogP contribution < -0.4 is 30.6 Å². The molecule has 40 heavy (non-hydrogen) atoms. The molecule has 12 nitrogen and oxygen atoms in total. The molecule has 1 amide bonds. The fourth-order valence-corrected chi connectivity index (χ4v) is 5.45. The second-order valence-corrected chi connectivity index (χ2v) is 9.85. The average molecular weight is 585 g/mol. The van der Waals surface area contributed by atoms with Gasteiger partial charge in [-0.2, -0.15) is 10.1 Å². The zero-order chi connectivity index (χ0) is 28.6. The van der Waals surface area contributed by atoms with Gasteiger partial charge in [0.15, 0.2) is 0 Å². The van der Waals surface area contributed by atoms with Gasteiger partial charge in [0.25, 0.3) is 5.56 Å². The zero-order valence-electron chi connectivity index (χ0n) is 21.9. The molecule has 4 heterocycles. The molecule has 1 aromatic carbocycles. The molecule has 0 aliphatic carbocycles. The van der Waals surface area contributed by atoms with Crippen LogP contribution in [0.15, 0.2) is 48.0 Å². The largest absolute Gasteiger partial charge is 0.495 e. The Labute approximate surface area is 238 Å². The van der Waals surface area contributed by atoms with Crippen molar-refractivity contribution >= 4 is 51.9 Å². The van der Waals surface area contributed by atoms with Crippen LogP contribution in [0.3, 0.4) is 0 Å². The number of benzene rings is 1. The third kappa shape index (κ3) is 4.91.